The van der Waals surface area contributed by atoms with Crippen molar-refractivity contribution in [3.05, 3.63) is 54.3 Å². The molecule has 11 heteroatoms. The van der Waals surface area contributed by atoms with Gasteiger partial charge in [0.05, 0.1) is 12.1 Å². The molecule has 2 atom stereocenters. The molecule has 0 aliphatic carbocycles. The van der Waals surface area contributed by atoms with E-state index in [1.54, 1.807) is 11.0 Å². The Morgan fingerprint density at radius 1 is 1.20 bits per heavy atom. The number of rotatable bonds is 5. The molecule has 0 N–H and O–H groups in total. The number of halogens is 3. The first-order valence-electron chi connectivity index (χ1n) is 9.06. The fourth-order valence-electron chi connectivity index (χ4n) is 3.52. The smallest absolute Gasteiger partial charge is 0.406 e. The Bertz CT molecular complexity index is 1010. The van der Waals surface area contributed by atoms with E-state index in [9.17, 15) is 18.0 Å². The summed E-state index contributed by atoms with van der Waals surface area (Å²) in [7, 11) is 0. The Morgan fingerprint density at radius 2 is 2.03 bits per heavy atom. The maximum Gasteiger partial charge on any atom is 0.573 e. The summed E-state index contributed by atoms with van der Waals surface area (Å²) >= 11 is 0. The Balaban J connectivity index is 1.56. The van der Waals surface area contributed by atoms with E-state index in [4.69, 9.17) is 4.52 Å². The van der Waals surface area contributed by atoms with E-state index in [1.807, 2.05) is 0 Å². The summed E-state index contributed by atoms with van der Waals surface area (Å²) in [5.74, 6) is -0.201. The molecule has 3 heterocycles. The normalized spacial score (nSPS) is 19.5. The van der Waals surface area contributed by atoms with Crippen molar-refractivity contribution in [3.8, 4) is 17.3 Å². The van der Waals surface area contributed by atoms with Crippen molar-refractivity contribution in [1.29, 1.82) is 0 Å². The summed E-state index contributed by atoms with van der Waals surface area (Å²) in [6.07, 6.45) is 0.975. The van der Waals surface area contributed by atoms with E-state index < -0.39 is 6.36 Å². The molecule has 0 bridgehead atoms. The lowest BCUT2D eigenvalue weighted by molar-refractivity contribution is -0.274. The average molecular weight is 419 g/mol. The standard InChI is InChI=1S/C19H16F3N5O3/c20-19(21,22)29-15-3-1-2-12(7-15)13-6-14(10-27(9-13)11-28)18-25-17(26-30-18)16-8-23-4-5-24-16/h1-5,7-8,11,13-14H,6,9-10H2. The summed E-state index contributed by atoms with van der Waals surface area (Å²) < 4.78 is 47.0. The number of aromatic nitrogens is 4. The van der Waals surface area contributed by atoms with Crippen molar-refractivity contribution in [1.82, 2.24) is 25.0 Å². The molecule has 8 nitrogen and oxygen atoms in total. The first-order valence-corrected chi connectivity index (χ1v) is 9.06. The van der Waals surface area contributed by atoms with Crippen molar-refractivity contribution < 1.29 is 27.2 Å². The van der Waals surface area contributed by atoms with Crippen LogP contribution in [0.4, 0.5) is 13.2 Å². The second kappa shape index (κ2) is 8.09. The van der Waals surface area contributed by atoms with Gasteiger partial charge in [-0.05, 0) is 24.1 Å². The van der Waals surface area contributed by atoms with Crippen molar-refractivity contribution >= 4 is 6.41 Å². The highest BCUT2D eigenvalue weighted by Crippen LogP contribution is 2.36. The zero-order chi connectivity index (χ0) is 21.1. The molecular weight excluding hydrogens is 403 g/mol. The van der Waals surface area contributed by atoms with Crippen LogP contribution in [0.5, 0.6) is 5.75 Å². The van der Waals surface area contributed by atoms with Gasteiger partial charge in [-0.1, -0.05) is 17.3 Å². The lowest BCUT2D eigenvalue weighted by atomic mass is 9.84. The molecule has 1 saturated heterocycles. The average Bonchev–Trinajstić information content (AvgIpc) is 3.23. The first kappa shape index (κ1) is 19.8. The third-order valence-corrected chi connectivity index (χ3v) is 4.77. The molecule has 1 aromatic carbocycles. The van der Waals surface area contributed by atoms with Gasteiger partial charge in [0.15, 0.2) is 0 Å². The lowest BCUT2D eigenvalue weighted by Crippen LogP contribution is -2.37. The molecule has 30 heavy (non-hydrogen) atoms. The molecule has 0 saturated carbocycles. The zero-order valence-electron chi connectivity index (χ0n) is 15.5. The largest absolute Gasteiger partial charge is 0.573 e. The molecule has 0 radical (unpaired) electrons. The molecule has 156 valence electrons. The quantitative estimate of drug-likeness (QED) is 0.587. The SMILES string of the molecule is O=CN1CC(c2cccc(OC(F)(F)F)c2)CC(c2nc(-c3cnccn3)no2)C1. The Hall–Kier alpha value is -3.50. The highest BCUT2D eigenvalue weighted by molar-refractivity contribution is 5.49. The summed E-state index contributed by atoms with van der Waals surface area (Å²) in [5, 5.41) is 3.92. The number of carbonyl (C=O) groups is 1. The van der Waals surface area contributed by atoms with Crippen molar-refractivity contribution in [2.24, 2.45) is 0 Å². The van der Waals surface area contributed by atoms with Gasteiger partial charge in [0.2, 0.25) is 18.1 Å². The van der Waals surface area contributed by atoms with Gasteiger partial charge in [-0.25, -0.2) is 4.98 Å². The van der Waals surface area contributed by atoms with E-state index in [0.29, 0.717) is 43.1 Å². The molecule has 2 unspecified atom stereocenters. The highest BCUT2D eigenvalue weighted by atomic mass is 19.4. The van der Waals surface area contributed by atoms with Crippen molar-refractivity contribution in [3.63, 3.8) is 0 Å². The first-order chi connectivity index (χ1) is 14.4. The number of nitrogens with zero attached hydrogens (tertiary/aromatic N) is 5. The third-order valence-electron chi connectivity index (χ3n) is 4.77. The maximum atomic E-state index is 12.5. The van der Waals surface area contributed by atoms with Crippen LogP contribution in [-0.4, -0.2) is 50.9 Å². The number of hydrogen-bond acceptors (Lipinski definition) is 7. The van der Waals surface area contributed by atoms with Crippen LogP contribution >= 0.6 is 0 Å². The van der Waals surface area contributed by atoms with Crippen molar-refractivity contribution in [2.75, 3.05) is 13.1 Å². The number of alkyl halides is 3. The van der Waals surface area contributed by atoms with Crippen LogP contribution in [0.1, 0.15) is 29.7 Å². The number of piperidine rings is 1. The Labute approximate surface area is 168 Å². The van der Waals surface area contributed by atoms with Crippen LogP contribution in [0.2, 0.25) is 0 Å². The molecule has 0 spiro atoms. The second-order valence-corrected chi connectivity index (χ2v) is 6.86. The van der Waals surface area contributed by atoms with Gasteiger partial charge in [0.25, 0.3) is 0 Å². The van der Waals surface area contributed by atoms with Crippen LogP contribution < -0.4 is 4.74 Å². The summed E-state index contributed by atoms with van der Waals surface area (Å²) in [6, 6.07) is 5.77. The monoisotopic (exact) mass is 419 g/mol. The lowest BCUT2D eigenvalue weighted by Gasteiger charge is -2.34. The maximum absolute atomic E-state index is 12.5. The number of hydrogen-bond donors (Lipinski definition) is 0. The predicted molar refractivity (Wildman–Crippen MR) is 96.2 cm³/mol. The molecule has 1 amide bonds. The van der Waals surface area contributed by atoms with Gasteiger partial charge in [0, 0.05) is 31.4 Å². The number of carbonyl (C=O) groups excluding carboxylic acids is 1. The van der Waals surface area contributed by atoms with Crippen molar-refractivity contribution in [2.45, 2.75) is 24.6 Å². The van der Waals surface area contributed by atoms with E-state index in [1.165, 1.54) is 36.8 Å². The number of ether oxygens (including phenoxy) is 1. The highest BCUT2D eigenvalue weighted by Gasteiger charge is 2.34. The third kappa shape index (κ3) is 4.56. The molecule has 2 aromatic heterocycles. The fraction of sp³-hybridized carbons (Fsp3) is 0.316. The van der Waals surface area contributed by atoms with Crippen LogP contribution in [0.3, 0.4) is 0 Å². The minimum atomic E-state index is -4.77. The van der Waals surface area contributed by atoms with E-state index in [0.717, 1.165) is 0 Å². The molecule has 1 aliphatic rings. The topological polar surface area (TPSA) is 94.2 Å². The molecular formula is C19H16F3N5O3. The second-order valence-electron chi connectivity index (χ2n) is 6.86. The fourth-order valence-corrected chi connectivity index (χ4v) is 3.52. The van der Waals surface area contributed by atoms with Crippen LogP contribution in [0, 0.1) is 0 Å². The van der Waals surface area contributed by atoms with Crippen LogP contribution in [-0.2, 0) is 4.79 Å². The van der Waals surface area contributed by atoms with Gasteiger partial charge in [-0.3, -0.25) is 9.78 Å². The van der Waals surface area contributed by atoms with Gasteiger partial charge in [-0.2, -0.15) is 4.98 Å². The van der Waals surface area contributed by atoms with Gasteiger partial charge < -0.3 is 14.2 Å². The van der Waals surface area contributed by atoms with Crippen LogP contribution in [0.25, 0.3) is 11.5 Å². The summed E-state index contributed by atoms with van der Waals surface area (Å²) in [5.41, 5.74) is 1.08. The Kier molecular flexibility index (Phi) is 5.34. The van der Waals surface area contributed by atoms with Gasteiger partial charge in [-0.15, -0.1) is 13.2 Å². The van der Waals surface area contributed by atoms with Gasteiger partial charge in [0.1, 0.15) is 11.4 Å². The molecule has 1 fully saturated rings. The summed E-state index contributed by atoms with van der Waals surface area (Å²) in [6.45, 7) is 0.724. The molecule has 3 aromatic rings. The number of amides is 1. The summed E-state index contributed by atoms with van der Waals surface area (Å²) in [4.78, 5) is 25.5. The number of likely N-dealkylation sites (tertiary alicyclic amines) is 1. The van der Waals surface area contributed by atoms with E-state index in [2.05, 4.69) is 24.8 Å². The number of benzene rings is 1. The molecule has 4 rings (SSSR count). The predicted octanol–water partition coefficient (Wildman–Crippen LogP) is 3.15. The Morgan fingerprint density at radius 3 is 2.77 bits per heavy atom. The van der Waals surface area contributed by atoms with Crippen LogP contribution in [0.15, 0.2) is 47.4 Å². The minimum Gasteiger partial charge on any atom is -0.406 e. The zero-order valence-corrected chi connectivity index (χ0v) is 15.5. The van der Waals surface area contributed by atoms with Gasteiger partial charge >= 0.3 is 6.36 Å². The van der Waals surface area contributed by atoms with E-state index in [-0.39, 0.29) is 23.4 Å². The van der Waals surface area contributed by atoms with E-state index >= 15 is 0 Å². The molecule has 1 aliphatic heterocycles. The minimum absolute atomic E-state index is 0.224.